The quantitative estimate of drug-likeness (QED) is 0.381. The van der Waals surface area contributed by atoms with Crippen LogP contribution in [-0.4, -0.2) is 50.4 Å². The Balaban J connectivity index is 0.00000288. The fourth-order valence-corrected chi connectivity index (χ4v) is 2.68. The van der Waals surface area contributed by atoms with E-state index < -0.39 is 0 Å². The van der Waals surface area contributed by atoms with Crippen LogP contribution in [-0.2, 0) is 6.54 Å². The van der Waals surface area contributed by atoms with Crippen LogP contribution < -0.4 is 20.1 Å². The molecule has 0 aromatic heterocycles. The van der Waals surface area contributed by atoms with E-state index in [0.29, 0.717) is 19.4 Å². The van der Waals surface area contributed by atoms with Gasteiger partial charge in [-0.3, -0.25) is 9.89 Å². The van der Waals surface area contributed by atoms with E-state index in [-0.39, 0.29) is 24.0 Å². The third kappa shape index (κ3) is 5.70. The SMILES string of the molecule is CCN(CC)C(C)CNC(=NC)NCc1ccc2c(c1)OCO2.I. The maximum atomic E-state index is 5.40. The predicted molar refractivity (Wildman–Crippen MR) is 109 cm³/mol. The molecule has 1 aromatic carbocycles. The molecule has 0 aliphatic carbocycles. The Morgan fingerprint density at radius 1 is 1.21 bits per heavy atom. The number of ether oxygens (including phenoxy) is 2. The maximum absolute atomic E-state index is 5.40. The van der Waals surface area contributed by atoms with Gasteiger partial charge < -0.3 is 20.1 Å². The molecule has 6 nitrogen and oxygen atoms in total. The van der Waals surface area contributed by atoms with Gasteiger partial charge in [-0.2, -0.15) is 0 Å². The molecule has 1 unspecified atom stereocenters. The molecule has 0 spiro atoms. The molecule has 0 bridgehead atoms. The van der Waals surface area contributed by atoms with Gasteiger partial charge in [-0.15, -0.1) is 24.0 Å². The molecule has 2 rings (SSSR count). The Morgan fingerprint density at radius 2 is 1.92 bits per heavy atom. The zero-order chi connectivity index (χ0) is 16.7. The van der Waals surface area contributed by atoms with Crippen LogP contribution in [0.2, 0.25) is 0 Å². The van der Waals surface area contributed by atoms with Gasteiger partial charge in [0.05, 0.1) is 0 Å². The van der Waals surface area contributed by atoms with Crippen LogP contribution in [0.25, 0.3) is 0 Å². The molecular formula is C17H29IN4O2. The van der Waals surface area contributed by atoms with Crippen LogP contribution in [0.3, 0.4) is 0 Å². The molecule has 1 atom stereocenters. The van der Waals surface area contributed by atoms with Gasteiger partial charge in [-0.1, -0.05) is 19.9 Å². The number of benzene rings is 1. The number of hydrogen-bond donors (Lipinski definition) is 2. The fourth-order valence-electron chi connectivity index (χ4n) is 2.68. The minimum absolute atomic E-state index is 0. The molecule has 7 heteroatoms. The molecule has 0 fully saturated rings. The average Bonchev–Trinajstić information content (AvgIpc) is 3.03. The number of rotatable bonds is 7. The largest absolute Gasteiger partial charge is 0.454 e. The molecular weight excluding hydrogens is 419 g/mol. The van der Waals surface area contributed by atoms with Crippen molar-refractivity contribution in [1.82, 2.24) is 15.5 Å². The first-order chi connectivity index (χ1) is 11.2. The lowest BCUT2D eigenvalue weighted by atomic mass is 10.2. The normalized spacial score (nSPS) is 14.3. The standard InChI is InChI=1S/C17H28N4O2.HI/c1-5-21(6-2)13(3)10-19-17(18-4)20-11-14-7-8-15-16(9-14)23-12-22-15;/h7-9,13H,5-6,10-12H2,1-4H3,(H2,18,19,20);1H. The highest BCUT2D eigenvalue weighted by Crippen LogP contribution is 2.32. The number of halogens is 1. The van der Waals surface area contributed by atoms with Gasteiger partial charge in [0.15, 0.2) is 17.5 Å². The summed E-state index contributed by atoms with van der Waals surface area (Å²) in [6.45, 7) is 10.6. The number of likely N-dealkylation sites (N-methyl/N-ethyl adjacent to an activating group) is 1. The third-order valence-corrected chi connectivity index (χ3v) is 4.12. The number of guanidine groups is 1. The second-order valence-electron chi connectivity index (χ2n) is 5.56. The summed E-state index contributed by atoms with van der Waals surface area (Å²) in [6.07, 6.45) is 0. The molecule has 0 radical (unpaired) electrons. The van der Waals surface area contributed by atoms with Crippen LogP contribution in [0.1, 0.15) is 26.3 Å². The van der Waals surface area contributed by atoms with E-state index in [0.717, 1.165) is 42.7 Å². The Kier molecular flexibility index (Phi) is 9.20. The minimum atomic E-state index is 0. The number of hydrogen-bond acceptors (Lipinski definition) is 4. The van der Waals surface area contributed by atoms with E-state index in [1.165, 1.54) is 0 Å². The molecule has 1 heterocycles. The van der Waals surface area contributed by atoms with Gasteiger partial charge in [0, 0.05) is 26.2 Å². The van der Waals surface area contributed by atoms with Gasteiger partial charge in [-0.25, -0.2) is 0 Å². The molecule has 136 valence electrons. The van der Waals surface area contributed by atoms with Crippen LogP contribution in [0.5, 0.6) is 11.5 Å². The number of fused-ring (bicyclic) bond motifs is 1. The van der Waals surface area contributed by atoms with Crippen LogP contribution in [0.4, 0.5) is 0 Å². The van der Waals surface area contributed by atoms with Gasteiger partial charge in [0.25, 0.3) is 0 Å². The zero-order valence-corrected chi connectivity index (χ0v) is 17.3. The van der Waals surface area contributed by atoms with Crippen molar-refractivity contribution in [2.45, 2.75) is 33.4 Å². The molecule has 0 amide bonds. The van der Waals surface area contributed by atoms with Crippen LogP contribution in [0, 0.1) is 0 Å². The smallest absolute Gasteiger partial charge is 0.231 e. The van der Waals surface area contributed by atoms with Crippen molar-refractivity contribution in [1.29, 1.82) is 0 Å². The van der Waals surface area contributed by atoms with Crippen LogP contribution >= 0.6 is 24.0 Å². The first-order valence-corrected chi connectivity index (χ1v) is 8.25. The summed E-state index contributed by atoms with van der Waals surface area (Å²) < 4.78 is 10.7. The molecule has 1 aliphatic heterocycles. The van der Waals surface area contributed by atoms with E-state index in [9.17, 15) is 0 Å². The second-order valence-corrected chi connectivity index (χ2v) is 5.56. The molecule has 1 aliphatic rings. The Hall–Kier alpha value is -1.22. The number of nitrogens with one attached hydrogen (secondary N) is 2. The molecule has 0 saturated carbocycles. The van der Waals surface area contributed by atoms with Gasteiger partial charge >= 0.3 is 0 Å². The summed E-state index contributed by atoms with van der Waals surface area (Å²) in [7, 11) is 1.79. The summed E-state index contributed by atoms with van der Waals surface area (Å²) >= 11 is 0. The van der Waals surface area contributed by atoms with Crippen LogP contribution in [0.15, 0.2) is 23.2 Å². The number of aliphatic imine (C=N–C) groups is 1. The molecule has 24 heavy (non-hydrogen) atoms. The monoisotopic (exact) mass is 448 g/mol. The number of nitrogens with zero attached hydrogens (tertiary/aromatic N) is 2. The summed E-state index contributed by atoms with van der Waals surface area (Å²) in [6, 6.07) is 6.44. The van der Waals surface area contributed by atoms with Crippen molar-refractivity contribution in [2.75, 3.05) is 33.5 Å². The summed E-state index contributed by atoms with van der Waals surface area (Å²) in [4.78, 5) is 6.69. The van der Waals surface area contributed by atoms with Crippen molar-refractivity contribution < 1.29 is 9.47 Å². The van der Waals surface area contributed by atoms with E-state index >= 15 is 0 Å². The Bertz CT molecular complexity index is 535. The highest BCUT2D eigenvalue weighted by atomic mass is 127. The lowest BCUT2D eigenvalue weighted by Crippen LogP contribution is -2.45. The van der Waals surface area contributed by atoms with E-state index in [1.54, 1.807) is 7.05 Å². The van der Waals surface area contributed by atoms with Crippen molar-refractivity contribution >= 4 is 29.9 Å². The Labute approximate surface area is 162 Å². The van der Waals surface area contributed by atoms with Crippen molar-refractivity contribution in [3.8, 4) is 11.5 Å². The van der Waals surface area contributed by atoms with Gasteiger partial charge in [0.2, 0.25) is 6.79 Å². The fraction of sp³-hybridized carbons (Fsp3) is 0.588. The topological polar surface area (TPSA) is 58.1 Å². The van der Waals surface area contributed by atoms with Crippen molar-refractivity contribution in [2.24, 2.45) is 4.99 Å². The lowest BCUT2D eigenvalue weighted by Gasteiger charge is -2.27. The maximum Gasteiger partial charge on any atom is 0.231 e. The first-order valence-electron chi connectivity index (χ1n) is 8.25. The van der Waals surface area contributed by atoms with Gasteiger partial charge in [-0.05, 0) is 37.7 Å². The summed E-state index contributed by atoms with van der Waals surface area (Å²) in [5.41, 5.74) is 1.13. The predicted octanol–water partition coefficient (Wildman–Crippen LogP) is 2.43. The highest BCUT2D eigenvalue weighted by molar-refractivity contribution is 14.0. The second kappa shape index (κ2) is 10.6. The molecule has 0 saturated heterocycles. The lowest BCUT2D eigenvalue weighted by molar-refractivity contribution is 0.174. The highest BCUT2D eigenvalue weighted by Gasteiger charge is 2.13. The Morgan fingerprint density at radius 3 is 2.58 bits per heavy atom. The third-order valence-electron chi connectivity index (χ3n) is 4.12. The summed E-state index contributed by atoms with van der Waals surface area (Å²) in [5, 5.41) is 6.71. The van der Waals surface area contributed by atoms with Crippen molar-refractivity contribution in [3.63, 3.8) is 0 Å². The van der Waals surface area contributed by atoms with E-state index in [2.05, 4.69) is 41.3 Å². The molecule has 2 N–H and O–H groups in total. The summed E-state index contributed by atoms with van der Waals surface area (Å²) in [5.74, 6) is 2.42. The van der Waals surface area contributed by atoms with Gasteiger partial charge in [0.1, 0.15) is 0 Å². The van der Waals surface area contributed by atoms with E-state index in [1.807, 2.05) is 18.2 Å². The first kappa shape index (κ1) is 20.8. The average molecular weight is 448 g/mol. The zero-order valence-electron chi connectivity index (χ0n) is 15.0. The van der Waals surface area contributed by atoms with Crippen molar-refractivity contribution in [3.05, 3.63) is 23.8 Å². The van der Waals surface area contributed by atoms with E-state index in [4.69, 9.17) is 9.47 Å². The molecule has 1 aromatic rings. The minimum Gasteiger partial charge on any atom is -0.454 e.